The summed E-state index contributed by atoms with van der Waals surface area (Å²) >= 11 is 0. The summed E-state index contributed by atoms with van der Waals surface area (Å²) in [6.45, 7) is 0. The molecule has 1 N–H and O–H groups in total. The van der Waals surface area contributed by atoms with Crippen LogP contribution in [0.3, 0.4) is 0 Å². The van der Waals surface area contributed by atoms with Crippen molar-refractivity contribution < 1.29 is 14.3 Å². The van der Waals surface area contributed by atoms with Gasteiger partial charge in [-0.3, -0.25) is 0 Å². The van der Waals surface area contributed by atoms with Gasteiger partial charge in [0.25, 0.3) is 0 Å². The van der Waals surface area contributed by atoms with Gasteiger partial charge in [0.2, 0.25) is 0 Å². The highest BCUT2D eigenvalue weighted by atomic mass is 16.5. The van der Waals surface area contributed by atoms with Crippen LogP contribution < -0.4 is 4.74 Å². The Kier molecular flexibility index (Phi) is 3.14. The summed E-state index contributed by atoms with van der Waals surface area (Å²) in [5.74, 6) is 0.428. The third-order valence-corrected chi connectivity index (χ3v) is 2.53. The fourth-order valence-electron chi connectivity index (χ4n) is 1.65. The first-order valence-electron chi connectivity index (χ1n) is 5.16. The van der Waals surface area contributed by atoms with Crippen LogP contribution in [0.4, 0.5) is 0 Å². The number of rotatable bonds is 3. The first-order valence-corrected chi connectivity index (χ1v) is 5.16. The number of carbonyl (C=O) groups excluding carboxylic acids is 1. The number of benzene rings is 1. The molecule has 0 spiro atoms. The van der Waals surface area contributed by atoms with E-state index >= 15 is 0 Å². The third kappa shape index (κ3) is 2.15. The van der Waals surface area contributed by atoms with Gasteiger partial charge in [-0.25, -0.2) is 4.79 Å². The molecule has 0 atom stereocenters. The minimum absolute atomic E-state index is 0.350. The first kappa shape index (κ1) is 11.3. The van der Waals surface area contributed by atoms with E-state index in [-0.39, 0.29) is 5.97 Å². The highest BCUT2D eigenvalue weighted by Gasteiger charge is 2.13. The minimum Gasteiger partial charge on any atom is -0.497 e. The van der Waals surface area contributed by atoms with E-state index in [2.05, 4.69) is 4.98 Å². The Morgan fingerprint density at radius 2 is 1.82 bits per heavy atom. The lowest BCUT2D eigenvalue weighted by Crippen LogP contribution is -2.01. The van der Waals surface area contributed by atoms with Crippen LogP contribution in [0.15, 0.2) is 36.5 Å². The molecule has 0 saturated heterocycles. The minimum atomic E-state index is -0.350. The summed E-state index contributed by atoms with van der Waals surface area (Å²) in [4.78, 5) is 14.6. The predicted octanol–water partition coefficient (Wildman–Crippen LogP) is 2.48. The summed E-state index contributed by atoms with van der Waals surface area (Å²) in [5.41, 5.74) is 2.19. The number of hydrogen-bond acceptors (Lipinski definition) is 3. The van der Waals surface area contributed by atoms with E-state index in [0.717, 1.165) is 17.0 Å². The highest BCUT2D eigenvalue weighted by Crippen LogP contribution is 2.24. The molecule has 88 valence electrons. The molecule has 0 aliphatic carbocycles. The van der Waals surface area contributed by atoms with Crippen molar-refractivity contribution >= 4 is 5.97 Å². The average molecular weight is 231 g/mol. The number of aromatic nitrogens is 1. The molecule has 0 bridgehead atoms. The zero-order chi connectivity index (χ0) is 12.3. The molecule has 17 heavy (non-hydrogen) atoms. The Bertz CT molecular complexity index is 514. The van der Waals surface area contributed by atoms with Crippen LogP contribution in [0.2, 0.25) is 0 Å². The number of ether oxygens (including phenoxy) is 2. The molecule has 0 saturated carbocycles. The third-order valence-electron chi connectivity index (χ3n) is 2.53. The Balaban J connectivity index is 2.39. The van der Waals surface area contributed by atoms with Crippen molar-refractivity contribution in [2.75, 3.05) is 14.2 Å². The van der Waals surface area contributed by atoms with Crippen molar-refractivity contribution in [2.45, 2.75) is 0 Å². The van der Waals surface area contributed by atoms with Crippen molar-refractivity contribution in [1.29, 1.82) is 0 Å². The average Bonchev–Trinajstić information content (AvgIpc) is 2.87. The van der Waals surface area contributed by atoms with Crippen molar-refractivity contribution in [2.24, 2.45) is 0 Å². The number of esters is 1. The highest BCUT2D eigenvalue weighted by molar-refractivity contribution is 5.96. The molecule has 1 aromatic heterocycles. The molecule has 1 aromatic carbocycles. The Morgan fingerprint density at radius 1 is 1.12 bits per heavy atom. The number of H-pyrrole nitrogens is 1. The topological polar surface area (TPSA) is 51.3 Å². The number of carbonyl (C=O) groups is 1. The monoisotopic (exact) mass is 231 g/mol. The summed E-state index contributed by atoms with van der Waals surface area (Å²) < 4.78 is 9.80. The SMILES string of the molecule is COC(=O)c1cc[nH]c1-c1ccc(OC)cc1. The second kappa shape index (κ2) is 4.74. The van der Waals surface area contributed by atoms with Crippen LogP contribution in [0.5, 0.6) is 5.75 Å². The van der Waals surface area contributed by atoms with E-state index < -0.39 is 0 Å². The smallest absolute Gasteiger partial charge is 0.340 e. The fourth-order valence-corrected chi connectivity index (χ4v) is 1.65. The molecule has 0 radical (unpaired) electrons. The van der Waals surface area contributed by atoms with Gasteiger partial charge in [0.1, 0.15) is 5.75 Å². The largest absolute Gasteiger partial charge is 0.497 e. The summed E-state index contributed by atoms with van der Waals surface area (Å²) in [6.07, 6.45) is 1.71. The summed E-state index contributed by atoms with van der Waals surface area (Å²) in [5, 5.41) is 0. The Morgan fingerprint density at radius 3 is 2.41 bits per heavy atom. The van der Waals surface area contributed by atoms with E-state index in [0.29, 0.717) is 5.56 Å². The second-order valence-corrected chi connectivity index (χ2v) is 3.49. The number of nitrogens with one attached hydrogen (secondary N) is 1. The molecule has 4 heteroatoms. The normalized spacial score (nSPS) is 10.0. The van der Waals surface area contributed by atoms with Crippen molar-refractivity contribution in [1.82, 2.24) is 4.98 Å². The van der Waals surface area contributed by atoms with Crippen molar-refractivity contribution in [3.8, 4) is 17.0 Å². The first-order chi connectivity index (χ1) is 8.26. The lowest BCUT2D eigenvalue weighted by atomic mass is 10.1. The van der Waals surface area contributed by atoms with E-state index in [4.69, 9.17) is 9.47 Å². The molecule has 0 amide bonds. The van der Waals surface area contributed by atoms with Crippen molar-refractivity contribution in [3.05, 3.63) is 42.1 Å². The molecule has 0 fully saturated rings. The zero-order valence-electron chi connectivity index (χ0n) is 9.69. The molecule has 2 aromatic rings. The maximum atomic E-state index is 11.5. The molecular weight excluding hydrogens is 218 g/mol. The van der Waals surface area contributed by atoms with Gasteiger partial charge in [-0.1, -0.05) is 0 Å². The number of aromatic amines is 1. The van der Waals surface area contributed by atoms with Crippen LogP contribution in [0, 0.1) is 0 Å². The van der Waals surface area contributed by atoms with Crippen LogP contribution in [0.25, 0.3) is 11.3 Å². The van der Waals surface area contributed by atoms with Crippen molar-refractivity contribution in [3.63, 3.8) is 0 Å². The van der Waals surface area contributed by atoms with Gasteiger partial charge in [0.15, 0.2) is 0 Å². The molecule has 0 aliphatic rings. The molecule has 0 aliphatic heterocycles. The van der Waals surface area contributed by atoms with Gasteiger partial charge >= 0.3 is 5.97 Å². The summed E-state index contributed by atoms with van der Waals surface area (Å²) in [7, 11) is 2.98. The maximum Gasteiger partial charge on any atom is 0.340 e. The lowest BCUT2D eigenvalue weighted by Gasteiger charge is -2.04. The van der Waals surface area contributed by atoms with Gasteiger partial charge in [-0.15, -0.1) is 0 Å². The number of methoxy groups -OCH3 is 2. The second-order valence-electron chi connectivity index (χ2n) is 3.49. The van der Waals surface area contributed by atoms with E-state index in [1.54, 1.807) is 19.4 Å². The van der Waals surface area contributed by atoms with Gasteiger partial charge in [0.05, 0.1) is 25.5 Å². The van der Waals surface area contributed by atoms with Gasteiger partial charge in [0, 0.05) is 6.20 Å². The molecular formula is C13H13NO3. The van der Waals surface area contributed by atoms with Crippen LogP contribution in [0.1, 0.15) is 10.4 Å². The summed E-state index contributed by atoms with van der Waals surface area (Å²) in [6, 6.07) is 9.16. The molecule has 0 unspecified atom stereocenters. The van der Waals surface area contributed by atoms with Crippen LogP contribution in [-0.4, -0.2) is 25.2 Å². The quantitative estimate of drug-likeness (QED) is 0.825. The zero-order valence-corrected chi connectivity index (χ0v) is 9.69. The number of hydrogen-bond donors (Lipinski definition) is 1. The lowest BCUT2D eigenvalue weighted by molar-refractivity contribution is 0.0602. The maximum absolute atomic E-state index is 11.5. The Hall–Kier alpha value is -2.23. The van der Waals surface area contributed by atoms with Gasteiger partial charge in [-0.2, -0.15) is 0 Å². The van der Waals surface area contributed by atoms with Crippen LogP contribution in [-0.2, 0) is 4.74 Å². The van der Waals surface area contributed by atoms with Gasteiger partial charge < -0.3 is 14.5 Å². The van der Waals surface area contributed by atoms with E-state index in [1.165, 1.54) is 7.11 Å². The fraction of sp³-hybridized carbons (Fsp3) is 0.154. The Labute approximate surface area is 99.2 Å². The van der Waals surface area contributed by atoms with Gasteiger partial charge in [-0.05, 0) is 35.9 Å². The predicted molar refractivity (Wildman–Crippen MR) is 64.1 cm³/mol. The molecule has 2 rings (SSSR count). The van der Waals surface area contributed by atoms with E-state index in [1.807, 2.05) is 24.3 Å². The molecule has 1 heterocycles. The van der Waals surface area contributed by atoms with E-state index in [9.17, 15) is 4.79 Å². The standard InChI is InChI=1S/C13H13NO3/c1-16-10-5-3-9(4-6-10)12-11(7-8-14-12)13(15)17-2/h3-8,14H,1-2H3. The molecule has 4 nitrogen and oxygen atoms in total. The van der Waals surface area contributed by atoms with Crippen LogP contribution >= 0.6 is 0 Å².